The van der Waals surface area contributed by atoms with Crippen LogP contribution in [0.25, 0.3) is 0 Å². The predicted octanol–water partition coefficient (Wildman–Crippen LogP) is 0.745. The first-order valence-corrected chi connectivity index (χ1v) is 9.31. The van der Waals surface area contributed by atoms with Crippen LogP contribution in [0, 0.1) is 5.41 Å². The van der Waals surface area contributed by atoms with Crippen molar-refractivity contribution in [2.24, 2.45) is 5.41 Å². The van der Waals surface area contributed by atoms with Crippen LogP contribution in [-0.2, 0) is 4.79 Å². The molecule has 2 aliphatic heterocycles. The van der Waals surface area contributed by atoms with E-state index in [9.17, 15) is 14.7 Å². The van der Waals surface area contributed by atoms with Gasteiger partial charge in [-0.2, -0.15) is 0 Å². The number of rotatable bonds is 5. The Labute approximate surface area is 153 Å². The Kier molecular flexibility index (Phi) is 5.70. The third-order valence-corrected chi connectivity index (χ3v) is 5.30. The number of anilines is 1. The summed E-state index contributed by atoms with van der Waals surface area (Å²) in [5.41, 5.74) is 0.421. The van der Waals surface area contributed by atoms with Crippen LogP contribution in [0.1, 0.15) is 43.0 Å². The number of β-amino-alcohol motifs (C(OH)–C–C–N with tert-alkyl or cyclic N) is 1. The number of carbonyl (C=O) groups excluding carboxylic acids is 2. The third kappa shape index (κ3) is 3.95. The highest BCUT2D eigenvalue weighted by Gasteiger charge is 2.42. The maximum Gasteiger partial charge on any atom is 0.257 e. The molecule has 3 rings (SSSR count). The minimum Gasteiger partial charge on any atom is -0.395 e. The number of nitrogens with one attached hydrogen (secondary N) is 1. The zero-order valence-electron chi connectivity index (χ0n) is 15.3. The van der Waals surface area contributed by atoms with Crippen LogP contribution in [-0.4, -0.2) is 76.0 Å². The molecule has 2 aliphatic rings. The highest BCUT2D eigenvalue weighted by Crippen LogP contribution is 2.39. The normalized spacial score (nSPS) is 23.4. The summed E-state index contributed by atoms with van der Waals surface area (Å²) in [6.07, 6.45) is 6.34. The van der Waals surface area contributed by atoms with Crippen LogP contribution >= 0.6 is 0 Å². The average molecular weight is 361 g/mol. The molecule has 0 aliphatic carbocycles. The molecule has 0 unspecified atom stereocenters. The van der Waals surface area contributed by atoms with Crippen LogP contribution < -0.4 is 5.32 Å². The van der Waals surface area contributed by atoms with Crippen LogP contribution in [0.4, 0.5) is 5.95 Å². The number of hydrogen-bond acceptors (Lipinski definition) is 6. The highest BCUT2D eigenvalue weighted by atomic mass is 16.3. The highest BCUT2D eigenvalue weighted by molar-refractivity contribution is 5.93. The number of aliphatic hydroxyl groups excluding tert-OH is 1. The summed E-state index contributed by atoms with van der Waals surface area (Å²) >= 11 is 0. The Hall–Kier alpha value is -2.22. The van der Waals surface area contributed by atoms with Crippen molar-refractivity contribution in [2.75, 3.05) is 44.6 Å². The molecule has 0 saturated carbocycles. The fourth-order valence-corrected chi connectivity index (χ4v) is 4.01. The van der Waals surface area contributed by atoms with Gasteiger partial charge in [-0.05, 0) is 26.2 Å². The Morgan fingerprint density at radius 3 is 2.77 bits per heavy atom. The van der Waals surface area contributed by atoms with Crippen molar-refractivity contribution in [3.8, 4) is 0 Å². The SMILES string of the molecule is CCNc1ncc(C(=O)N2CCC[C@@]3(CCC(=O)N(CCO)C3)C2)cn1. The molecule has 26 heavy (non-hydrogen) atoms. The van der Waals surface area contributed by atoms with Crippen molar-refractivity contribution in [1.82, 2.24) is 19.8 Å². The molecule has 1 aromatic rings. The molecule has 1 spiro atoms. The number of aromatic nitrogens is 2. The van der Waals surface area contributed by atoms with Gasteiger partial charge in [0, 0.05) is 57.0 Å². The number of amides is 2. The van der Waals surface area contributed by atoms with Crippen molar-refractivity contribution in [3.63, 3.8) is 0 Å². The van der Waals surface area contributed by atoms with E-state index in [4.69, 9.17) is 0 Å². The Morgan fingerprint density at radius 1 is 1.31 bits per heavy atom. The monoisotopic (exact) mass is 361 g/mol. The smallest absolute Gasteiger partial charge is 0.257 e. The predicted molar refractivity (Wildman–Crippen MR) is 96.7 cm³/mol. The quantitative estimate of drug-likeness (QED) is 0.803. The van der Waals surface area contributed by atoms with E-state index in [0.29, 0.717) is 44.1 Å². The molecule has 8 nitrogen and oxygen atoms in total. The topological polar surface area (TPSA) is 98.7 Å². The zero-order valence-corrected chi connectivity index (χ0v) is 15.3. The van der Waals surface area contributed by atoms with E-state index in [-0.39, 0.29) is 23.8 Å². The fraction of sp³-hybridized carbons (Fsp3) is 0.667. The molecule has 0 radical (unpaired) electrons. The molecule has 2 fully saturated rings. The minimum absolute atomic E-state index is 0.0278. The molecule has 0 bridgehead atoms. The molecular weight excluding hydrogens is 334 g/mol. The summed E-state index contributed by atoms with van der Waals surface area (Å²) in [7, 11) is 0. The lowest BCUT2D eigenvalue weighted by molar-refractivity contribution is -0.139. The first-order valence-electron chi connectivity index (χ1n) is 9.31. The number of aliphatic hydroxyl groups is 1. The molecule has 1 atom stereocenters. The van der Waals surface area contributed by atoms with E-state index in [0.717, 1.165) is 25.8 Å². The minimum atomic E-state index is -0.0679. The summed E-state index contributed by atoms with van der Waals surface area (Å²) in [6, 6.07) is 0. The van der Waals surface area contributed by atoms with Crippen LogP contribution in [0.2, 0.25) is 0 Å². The standard InChI is InChI=1S/C18H27N5O3/c1-2-19-17-20-10-14(11-21-17)16(26)23-7-3-5-18(13-23)6-4-15(25)22(12-18)8-9-24/h10-11,24H,2-9,12-13H2,1H3,(H,19,20,21)/t18-/m0/s1. The van der Waals surface area contributed by atoms with Gasteiger partial charge >= 0.3 is 0 Å². The number of hydrogen-bond donors (Lipinski definition) is 2. The van der Waals surface area contributed by atoms with E-state index in [1.165, 1.54) is 0 Å². The summed E-state index contributed by atoms with van der Waals surface area (Å²) in [4.78, 5) is 36.9. The molecule has 0 aromatic carbocycles. The summed E-state index contributed by atoms with van der Waals surface area (Å²) in [5, 5.41) is 12.2. The molecule has 2 saturated heterocycles. The lowest BCUT2D eigenvalue weighted by Crippen LogP contribution is -2.55. The third-order valence-electron chi connectivity index (χ3n) is 5.30. The van der Waals surface area contributed by atoms with Crippen LogP contribution in [0.3, 0.4) is 0 Å². The first kappa shape index (κ1) is 18.6. The van der Waals surface area contributed by atoms with E-state index < -0.39 is 0 Å². The van der Waals surface area contributed by atoms with Gasteiger partial charge in [0.25, 0.3) is 5.91 Å². The van der Waals surface area contributed by atoms with Crippen molar-refractivity contribution in [3.05, 3.63) is 18.0 Å². The van der Waals surface area contributed by atoms with Crippen molar-refractivity contribution < 1.29 is 14.7 Å². The number of likely N-dealkylation sites (tertiary alicyclic amines) is 2. The zero-order chi connectivity index (χ0) is 18.6. The van der Waals surface area contributed by atoms with E-state index in [2.05, 4.69) is 15.3 Å². The molecule has 8 heteroatoms. The number of carbonyl (C=O) groups is 2. The second kappa shape index (κ2) is 7.99. The average Bonchev–Trinajstić information content (AvgIpc) is 2.66. The molecule has 142 valence electrons. The van der Waals surface area contributed by atoms with Gasteiger partial charge in [0.2, 0.25) is 11.9 Å². The molecule has 2 N–H and O–H groups in total. The van der Waals surface area contributed by atoms with Gasteiger partial charge in [0.1, 0.15) is 0 Å². The van der Waals surface area contributed by atoms with Crippen LogP contribution in [0.5, 0.6) is 0 Å². The first-order chi connectivity index (χ1) is 12.6. The Morgan fingerprint density at radius 2 is 2.08 bits per heavy atom. The van der Waals surface area contributed by atoms with Gasteiger partial charge in [-0.15, -0.1) is 0 Å². The molecule has 2 amide bonds. The second-order valence-electron chi connectivity index (χ2n) is 7.19. The summed E-state index contributed by atoms with van der Waals surface area (Å²) in [5.74, 6) is 0.558. The van der Waals surface area contributed by atoms with Crippen molar-refractivity contribution >= 4 is 17.8 Å². The molecule has 1 aromatic heterocycles. The van der Waals surface area contributed by atoms with Gasteiger partial charge in [-0.1, -0.05) is 0 Å². The van der Waals surface area contributed by atoms with Crippen LogP contribution in [0.15, 0.2) is 12.4 Å². The van der Waals surface area contributed by atoms with E-state index in [1.807, 2.05) is 11.8 Å². The summed E-state index contributed by atoms with van der Waals surface area (Å²) in [6.45, 7) is 5.00. The lowest BCUT2D eigenvalue weighted by Gasteiger charge is -2.48. The number of nitrogens with zero attached hydrogens (tertiary/aromatic N) is 4. The van der Waals surface area contributed by atoms with Gasteiger partial charge < -0.3 is 20.2 Å². The lowest BCUT2D eigenvalue weighted by atomic mass is 9.73. The molecule has 3 heterocycles. The molecular formula is C18H27N5O3. The fourth-order valence-electron chi connectivity index (χ4n) is 4.01. The summed E-state index contributed by atoms with van der Waals surface area (Å²) < 4.78 is 0. The van der Waals surface area contributed by atoms with Gasteiger partial charge in [0.15, 0.2) is 0 Å². The largest absolute Gasteiger partial charge is 0.395 e. The van der Waals surface area contributed by atoms with Gasteiger partial charge in [-0.3, -0.25) is 9.59 Å². The van der Waals surface area contributed by atoms with Crippen molar-refractivity contribution in [2.45, 2.75) is 32.6 Å². The maximum absolute atomic E-state index is 12.9. The number of piperidine rings is 2. The Balaban J connectivity index is 1.69. The Bertz CT molecular complexity index is 651. The van der Waals surface area contributed by atoms with E-state index >= 15 is 0 Å². The van der Waals surface area contributed by atoms with Crippen molar-refractivity contribution in [1.29, 1.82) is 0 Å². The van der Waals surface area contributed by atoms with E-state index in [1.54, 1.807) is 17.3 Å². The maximum atomic E-state index is 12.9. The van der Waals surface area contributed by atoms with Gasteiger partial charge in [0.05, 0.1) is 12.2 Å². The van der Waals surface area contributed by atoms with Gasteiger partial charge in [-0.25, -0.2) is 9.97 Å². The second-order valence-corrected chi connectivity index (χ2v) is 7.19.